The minimum absolute atomic E-state index is 0.312. The maximum Gasteiger partial charge on any atom is 0.365 e. The Balaban J connectivity index is 2.10. The van der Waals surface area contributed by atoms with E-state index in [0.717, 1.165) is 5.56 Å². The first-order chi connectivity index (χ1) is 11.6. The Kier molecular flexibility index (Phi) is 6.46. The summed E-state index contributed by atoms with van der Waals surface area (Å²) < 4.78 is 0. The van der Waals surface area contributed by atoms with Crippen molar-refractivity contribution in [1.82, 2.24) is 0 Å². The zero-order valence-electron chi connectivity index (χ0n) is 13.6. The molecule has 4 heteroatoms. The highest BCUT2D eigenvalue weighted by Gasteiger charge is 2.21. The lowest BCUT2D eigenvalue weighted by molar-refractivity contribution is 0.0510. The maximum atomic E-state index is 12.0. The third kappa shape index (κ3) is 4.89. The van der Waals surface area contributed by atoms with E-state index in [4.69, 9.17) is 4.84 Å². The van der Waals surface area contributed by atoms with Crippen LogP contribution >= 0.6 is 0 Å². The molecule has 2 aromatic rings. The van der Waals surface area contributed by atoms with Crippen molar-refractivity contribution in [3.8, 4) is 0 Å². The average Bonchev–Trinajstić information content (AvgIpc) is 2.64. The van der Waals surface area contributed by atoms with Gasteiger partial charge in [-0.05, 0) is 31.0 Å². The number of carbonyl (C=O) groups excluding carboxylic acids is 1. The van der Waals surface area contributed by atoms with Crippen LogP contribution in [0.25, 0.3) is 0 Å². The molecule has 2 atom stereocenters. The van der Waals surface area contributed by atoms with Crippen LogP contribution in [-0.4, -0.2) is 22.9 Å². The van der Waals surface area contributed by atoms with Gasteiger partial charge in [0.1, 0.15) is 0 Å². The number of hydrogen-bond acceptors (Lipinski definition) is 4. The first-order valence-corrected chi connectivity index (χ1v) is 7.77. The summed E-state index contributed by atoms with van der Waals surface area (Å²) in [6.07, 6.45) is 1.27. The Morgan fingerprint density at radius 3 is 2.33 bits per heavy atom. The van der Waals surface area contributed by atoms with Crippen molar-refractivity contribution < 1.29 is 14.7 Å². The van der Waals surface area contributed by atoms with E-state index in [0.29, 0.717) is 17.7 Å². The number of benzene rings is 2. The molecule has 2 unspecified atom stereocenters. The maximum absolute atomic E-state index is 12.0. The Morgan fingerprint density at radius 1 is 1.17 bits per heavy atom. The molecule has 0 aliphatic rings. The number of oxime groups is 1. The van der Waals surface area contributed by atoms with Crippen LogP contribution in [-0.2, 0) is 11.3 Å². The molecule has 0 bridgehead atoms. The summed E-state index contributed by atoms with van der Waals surface area (Å²) in [6.45, 7) is 5.37. The Labute approximate surface area is 142 Å². The second kappa shape index (κ2) is 8.79. The lowest BCUT2D eigenvalue weighted by atomic mass is 9.90. The number of rotatable bonds is 7. The highest BCUT2D eigenvalue weighted by Crippen LogP contribution is 2.16. The summed E-state index contributed by atoms with van der Waals surface area (Å²) >= 11 is 0. The molecule has 1 N–H and O–H groups in total. The number of carbonyl (C=O) groups is 1. The molecule has 2 rings (SSSR count). The fourth-order valence-electron chi connectivity index (χ4n) is 2.36. The van der Waals surface area contributed by atoms with Gasteiger partial charge in [-0.2, -0.15) is 0 Å². The predicted molar refractivity (Wildman–Crippen MR) is 94.8 cm³/mol. The van der Waals surface area contributed by atoms with Gasteiger partial charge in [-0.1, -0.05) is 59.8 Å². The monoisotopic (exact) mass is 323 g/mol. The quantitative estimate of drug-likeness (QED) is 0.366. The fraction of sp³-hybridized carbons (Fsp3) is 0.200. The Hall–Kier alpha value is -2.72. The molecule has 0 spiro atoms. The largest absolute Gasteiger partial charge is 0.388 e. The standard InChI is InChI=1S/C20H21NO3/c1-3-19(22)18(14-16-10-6-4-7-11-16)15(2)21-24-20(23)17-12-8-5-9-13-17/h3-13,18-19,22H,1,14H2,2H3. The first kappa shape index (κ1) is 17.6. The second-order valence-corrected chi connectivity index (χ2v) is 5.50. The minimum atomic E-state index is -0.774. The van der Waals surface area contributed by atoms with E-state index in [1.54, 1.807) is 31.2 Å². The van der Waals surface area contributed by atoms with Gasteiger partial charge in [0, 0.05) is 5.92 Å². The van der Waals surface area contributed by atoms with Crippen LogP contribution in [0.5, 0.6) is 0 Å². The highest BCUT2D eigenvalue weighted by atomic mass is 16.7. The minimum Gasteiger partial charge on any atom is -0.388 e. The van der Waals surface area contributed by atoms with Gasteiger partial charge in [0.15, 0.2) is 0 Å². The first-order valence-electron chi connectivity index (χ1n) is 7.77. The van der Waals surface area contributed by atoms with Crippen molar-refractivity contribution in [3.63, 3.8) is 0 Å². The van der Waals surface area contributed by atoms with Gasteiger partial charge >= 0.3 is 5.97 Å². The molecule has 0 amide bonds. The SMILES string of the molecule is C=CC(O)C(Cc1ccccc1)C(C)=NOC(=O)c1ccccc1. The van der Waals surface area contributed by atoms with Crippen molar-refractivity contribution in [2.45, 2.75) is 19.4 Å². The molecule has 0 aliphatic heterocycles. The van der Waals surface area contributed by atoms with Crippen LogP contribution in [0.2, 0.25) is 0 Å². The predicted octanol–water partition coefficient (Wildman–Crippen LogP) is 3.63. The smallest absolute Gasteiger partial charge is 0.365 e. The topological polar surface area (TPSA) is 58.9 Å². The molecular weight excluding hydrogens is 302 g/mol. The highest BCUT2D eigenvalue weighted by molar-refractivity contribution is 5.91. The zero-order chi connectivity index (χ0) is 17.4. The van der Waals surface area contributed by atoms with Gasteiger partial charge in [0.2, 0.25) is 0 Å². The van der Waals surface area contributed by atoms with Gasteiger partial charge in [0.25, 0.3) is 0 Å². The summed E-state index contributed by atoms with van der Waals surface area (Å²) in [5, 5.41) is 14.1. The van der Waals surface area contributed by atoms with Crippen molar-refractivity contribution in [1.29, 1.82) is 0 Å². The molecule has 0 heterocycles. The van der Waals surface area contributed by atoms with Crippen LogP contribution in [0.3, 0.4) is 0 Å². The van der Waals surface area contributed by atoms with Crippen molar-refractivity contribution >= 4 is 11.7 Å². The molecule has 0 aliphatic carbocycles. The summed E-state index contributed by atoms with van der Waals surface area (Å²) in [7, 11) is 0. The molecule has 4 nitrogen and oxygen atoms in total. The molecule has 0 saturated heterocycles. The van der Waals surface area contributed by atoms with Crippen molar-refractivity contribution in [2.24, 2.45) is 11.1 Å². The summed E-state index contributed by atoms with van der Waals surface area (Å²) in [6, 6.07) is 18.4. The van der Waals surface area contributed by atoms with Crippen LogP contribution in [0, 0.1) is 5.92 Å². The normalized spacial score (nSPS) is 13.8. The number of hydrogen-bond donors (Lipinski definition) is 1. The number of nitrogens with zero attached hydrogens (tertiary/aromatic N) is 1. The van der Waals surface area contributed by atoms with Crippen LogP contribution in [0.15, 0.2) is 78.5 Å². The third-order valence-corrected chi connectivity index (χ3v) is 3.77. The Bertz CT molecular complexity index is 695. The van der Waals surface area contributed by atoms with Crippen molar-refractivity contribution in [2.75, 3.05) is 0 Å². The fourth-order valence-corrected chi connectivity index (χ4v) is 2.36. The zero-order valence-corrected chi connectivity index (χ0v) is 13.6. The van der Waals surface area contributed by atoms with E-state index in [2.05, 4.69) is 11.7 Å². The molecule has 0 fully saturated rings. The molecule has 0 saturated carbocycles. The van der Waals surface area contributed by atoms with Crippen molar-refractivity contribution in [3.05, 3.63) is 84.4 Å². The van der Waals surface area contributed by atoms with Crippen LogP contribution in [0.1, 0.15) is 22.8 Å². The molecule has 2 aromatic carbocycles. The summed E-state index contributed by atoms with van der Waals surface area (Å²) in [5.41, 5.74) is 2.03. The lowest BCUT2D eigenvalue weighted by Crippen LogP contribution is -2.27. The van der Waals surface area contributed by atoms with E-state index < -0.39 is 12.1 Å². The molecule has 124 valence electrons. The second-order valence-electron chi connectivity index (χ2n) is 5.50. The molecular formula is C20H21NO3. The average molecular weight is 323 g/mol. The van der Waals surface area contributed by atoms with E-state index in [9.17, 15) is 9.90 Å². The summed E-state index contributed by atoms with van der Waals surface area (Å²) in [5.74, 6) is -0.838. The van der Waals surface area contributed by atoms with Gasteiger partial charge in [-0.25, -0.2) is 4.79 Å². The van der Waals surface area contributed by atoms with Crippen LogP contribution in [0.4, 0.5) is 0 Å². The molecule has 24 heavy (non-hydrogen) atoms. The number of aliphatic hydroxyl groups is 1. The molecule has 0 aromatic heterocycles. The van der Waals surface area contributed by atoms with E-state index >= 15 is 0 Å². The van der Waals surface area contributed by atoms with Gasteiger partial charge < -0.3 is 9.94 Å². The van der Waals surface area contributed by atoms with Gasteiger partial charge in [0.05, 0.1) is 17.4 Å². The van der Waals surface area contributed by atoms with E-state index in [1.807, 2.05) is 36.4 Å². The van der Waals surface area contributed by atoms with Crippen LogP contribution < -0.4 is 0 Å². The van der Waals surface area contributed by atoms with Gasteiger partial charge in [-0.3, -0.25) is 0 Å². The van der Waals surface area contributed by atoms with E-state index in [-0.39, 0.29) is 5.92 Å². The third-order valence-electron chi connectivity index (χ3n) is 3.77. The lowest BCUT2D eigenvalue weighted by Gasteiger charge is -2.20. The Morgan fingerprint density at radius 2 is 1.75 bits per heavy atom. The molecule has 0 radical (unpaired) electrons. The van der Waals surface area contributed by atoms with Gasteiger partial charge in [-0.15, -0.1) is 6.58 Å². The number of aliphatic hydroxyl groups excluding tert-OH is 1. The van der Waals surface area contributed by atoms with E-state index in [1.165, 1.54) is 6.08 Å². The summed E-state index contributed by atoms with van der Waals surface area (Å²) in [4.78, 5) is 17.0.